The number of fused-ring (bicyclic) bond motifs is 1. The van der Waals surface area contributed by atoms with E-state index in [0.717, 1.165) is 4.70 Å². The zero-order valence-corrected chi connectivity index (χ0v) is 10.3. The number of hydrogen-bond acceptors (Lipinski definition) is 6. The van der Waals surface area contributed by atoms with Gasteiger partial charge in [0, 0.05) is 0 Å². The molecule has 0 radical (unpaired) electrons. The predicted octanol–water partition coefficient (Wildman–Crippen LogP) is 2.06. The number of thiazole rings is 1. The molecule has 17 heavy (non-hydrogen) atoms. The van der Waals surface area contributed by atoms with Crippen molar-refractivity contribution in [2.24, 2.45) is 0 Å². The van der Waals surface area contributed by atoms with Gasteiger partial charge in [-0.25, -0.2) is 9.78 Å². The highest BCUT2D eigenvalue weighted by Crippen LogP contribution is 2.32. The number of hydrogen-bond donors (Lipinski definition) is 1. The topological polar surface area (TPSA) is 74.4 Å². The summed E-state index contributed by atoms with van der Waals surface area (Å²) in [4.78, 5) is 15.8. The Morgan fingerprint density at radius 2 is 2.29 bits per heavy atom. The van der Waals surface area contributed by atoms with Crippen LogP contribution in [0, 0.1) is 0 Å². The van der Waals surface area contributed by atoms with Crippen LogP contribution in [-0.2, 0) is 4.74 Å². The van der Waals surface area contributed by atoms with Gasteiger partial charge in [-0.2, -0.15) is 0 Å². The van der Waals surface area contributed by atoms with Gasteiger partial charge in [0.05, 0.1) is 24.0 Å². The number of nitrogens with zero attached hydrogens (tertiary/aromatic N) is 1. The normalized spacial score (nSPS) is 10.5. The van der Waals surface area contributed by atoms with Gasteiger partial charge in [0.2, 0.25) is 0 Å². The van der Waals surface area contributed by atoms with Gasteiger partial charge in [0.15, 0.2) is 5.13 Å². The van der Waals surface area contributed by atoms with Gasteiger partial charge in [-0.1, -0.05) is 11.3 Å². The molecule has 2 rings (SSSR count). The van der Waals surface area contributed by atoms with Gasteiger partial charge >= 0.3 is 5.97 Å². The lowest BCUT2D eigenvalue weighted by Gasteiger charge is -2.05. The molecular formula is C11H12N2O3S. The Bertz CT molecular complexity index is 565. The second kappa shape index (κ2) is 4.58. The van der Waals surface area contributed by atoms with Crippen LogP contribution in [0.3, 0.4) is 0 Å². The molecule has 0 aliphatic carbocycles. The smallest absolute Gasteiger partial charge is 0.338 e. The SMILES string of the molecule is CCOC(=O)c1cc(OC)c2nc(N)sc2c1. The number of carbonyl (C=O) groups is 1. The van der Waals surface area contributed by atoms with Crippen molar-refractivity contribution in [2.75, 3.05) is 19.5 Å². The van der Waals surface area contributed by atoms with E-state index < -0.39 is 0 Å². The number of methoxy groups -OCH3 is 1. The number of carbonyl (C=O) groups excluding carboxylic acids is 1. The summed E-state index contributed by atoms with van der Waals surface area (Å²) in [5.74, 6) is 0.151. The van der Waals surface area contributed by atoms with Crippen molar-refractivity contribution < 1.29 is 14.3 Å². The lowest BCUT2D eigenvalue weighted by atomic mass is 10.2. The molecule has 90 valence electrons. The molecular weight excluding hydrogens is 240 g/mol. The molecule has 0 unspecified atom stereocenters. The Labute approximate surface area is 102 Å². The first kappa shape index (κ1) is 11.7. The number of aromatic nitrogens is 1. The van der Waals surface area contributed by atoms with Crippen molar-refractivity contribution in [2.45, 2.75) is 6.92 Å². The molecule has 1 heterocycles. The molecule has 0 atom stereocenters. The van der Waals surface area contributed by atoms with Gasteiger partial charge < -0.3 is 15.2 Å². The molecule has 2 aromatic rings. The Morgan fingerprint density at radius 1 is 1.53 bits per heavy atom. The number of rotatable bonds is 3. The number of anilines is 1. The summed E-state index contributed by atoms with van der Waals surface area (Å²) in [5, 5.41) is 0.444. The van der Waals surface area contributed by atoms with Crippen LogP contribution in [0.25, 0.3) is 10.2 Å². The molecule has 1 aromatic carbocycles. The highest BCUT2D eigenvalue weighted by molar-refractivity contribution is 7.22. The second-order valence-electron chi connectivity index (χ2n) is 3.30. The minimum absolute atomic E-state index is 0.337. The van der Waals surface area contributed by atoms with E-state index in [1.54, 1.807) is 19.1 Å². The third-order valence-electron chi connectivity index (χ3n) is 2.21. The van der Waals surface area contributed by atoms with E-state index >= 15 is 0 Å². The molecule has 2 N–H and O–H groups in total. The standard InChI is InChI=1S/C11H12N2O3S/c1-3-16-10(14)6-4-7(15-2)9-8(5-6)17-11(12)13-9/h4-5H,3H2,1-2H3,(H2,12,13). The lowest BCUT2D eigenvalue weighted by molar-refractivity contribution is 0.0526. The number of nitrogens with two attached hydrogens (primary N) is 1. The number of ether oxygens (including phenoxy) is 2. The third-order valence-corrected chi connectivity index (χ3v) is 3.04. The maximum absolute atomic E-state index is 11.6. The number of nitrogen functional groups attached to an aromatic ring is 1. The van der Waals surface area contributed by atoms with Crippen molar-refractivity contribution in [3.05, 3.63) is 17.7 Å². The van der Waals surface area contributed by atoms with Crippen LogP contribution in [0.15, 0.2) is 12.1 Å². The molecule has 0 aliphatic heterocycles. The summed E-state index contributed by atoms with van der Waals surface area (Å²) in [6, 6.07) is 3.32. The van der Waals surface area contributed by atoms with Crippen molar-refractivity contribution in [1.29, 1.82) is 0 Å². The van der Waals surface area contributed by atoms with E-state index in [1.165, 1.54) is 18.4 Å². The number of esters is 1. The number of benzene rings is 1. The van der Waals surface area contributed by atoms with Crippen LogP contribution in [-0.4, -0.2) is 24.7 Å². The molecule has 5 nitrogen and oxygen atoms in total. The van der Waals surface area contributed by atoms with Gasteiger partial charge in [0.1, 0.15) is 11.3 Å². The van der Waals surface area contributed by atoms with Crippen molar-refractivity contribution in [1.82, 2.24) is 4.98 Å². The first-order valence-corrected chi connectivity index (χ1v) is 5.88. The van der Waals surface area contributed by atoms with Crippen LogP contribution in [0.1, 0.15) is 17.3 Å². The first-order chi connectivity index (χ1) is 8.15. The maximum Gasteiger partial charge on any atom is 0.338 e. The molecule has 0 saturated heterocycles. The van der Waals surface area contributed by atoms with Crippen LogP contribution < -0.4 is 10.5 Å². The van der Waals surface area contributed by atoms with E-state index in [0.29, 0.717) is 28.6 Å². The van der Waals surface area contributed by atoms with Gasteiger partial charge in [0.25, 0.3) is 0 Å². The first-order valence-electron chi connectivity index (χ1n) is 5.07. The molecule has 1 aromatic heterocycles. The highest BCUT2D eigenvalue weighted by Gasteiger charge is 2.14. The Balaban J connectivity index is 2.55. The molecule has 0 saturated carbocycles. The Hall–Kier alpha value is -1.82. The predicted molar refractivity (Wildman–Crippen MR) is 66.5 cm³/mol. The zero-order valence-electron chi connectivity index (χ0n) is 9.52. The summed E-state index contributed by atoms with van der Waals surface area (Å²) >= 11 is 1.31. The minimum atomic E-state index is -0.375. The lowest BCUT2D eigenvalue weighted by Crippen LogP contribution is -2.04. The van der Waals surface area contributed by atoms with E-state index in [-0.39, 0.29) is 5.97 Å². The van der Waals surface area contributed by atoms with Gasteiger partial charge in [-0.3, -0.25) is 0 Å². The fourth-order valence-corrected chi connectivity index (χ4v) is 2.29. The fourth-order valence-electron chi connectivity index (χ4n) is 1.50. The second-order valence-corrected chi connectivity index (χ2v) is 4.36. The van der Waals surface area contributed by atoms with E-state index in [4.69, 9.17) is 15.2 Å². The Morgan fingerprint density at radius 3 is 2.94 bits per heavy atom. The van der Waals surface area contributed by atoms with Crippen LogP contribution in [0.5, 0.6) is 5.75 Å². The summed E-state index contributed by atoms with van der Waals surface area (Å²) in [6.45, 7) is 2.10. The maximum atomic E-state index is 11.6. The summed E-state index contributed by atoms with van der Waals surface area (Å²) in [5.41, 5.74) is 6.75. The van der Waals surface area contributed by atoms with Crippen LogP contribution >= 0.6 is 11.3 Å². The molecule has 0 amide bonds. The van der Waals surface area contributed by atoms with Crippen LogP contribution in [0.2, 0.25) is 0 Å². The Kier molecular flexibility index (Phi) is 3.14. The summed E-state index contributed by atoms with van der Waals surface area (Å²) in [6.07, 6.45) is 0. The highest BCUT2D eigenvalue weighted by atomic mass is 32.1. The van der Waals surface area contributed by atoms with E-state index in [9.17, 15) is 4.79 Å². The largest absolute Gasteiger partial charge is 0.494 e. The average Bonchev–Trinajstić information content (AvgIpc) is 2.68. The molecule has 6 heteroatoms. The third kappa shape index (κ3) is 2.16. The molecule has 0 fully saturated rings. The fraction of sp³-hybridized carbons (Fsp3) is 0.273. The summed E-state index contributed by atoms with van der Waals surface area (Å²) in [7, 11) is 1.53. The average molecular weight is 252 g/mol. The molecule has 0 aliphatic rings. The zero-order chi connectivity index (χ0) is 12.4. The molecule has 0 bridgehead atoms. The quantitative estimate of drug-likeness (QED) is 0.846. The van der Waals surface area contributed by atoms with E-state index in [2.05, 4.69) is 4.98 Å². The van der Waals surface area contributed by atoms with Crippen molar-refractivity contribution >= 4 is 32.7 Å². The van der Waals surface area contributed by atoms with Gasteiger partial charge in [-0.15, -0.1) is 0 Å². The van der Waals surface area contributed by atoms with Crippen molar-refractivity contribution in [3.8, 4) is 5.75 Å². The van der Waals surface area contributed by atoms with E-state index in [1.807, 2.05) is 0 Å². The molecule has 0 spiro atoms. The monoisotopic (exact) mass is 252 g/mol. The van der Waals surface area contributed by atoms with Gasteiger partial charge in [-0.05, 0) is 19.1 Å². The van der Waals surface area contributed by atoms with Crippen molar-refractivity contribution in [3.63, 3.8) is 0 Å². The summed E-state index contributed by atoms with van der Waals surface area (Å²) < 4.78 is 10.9. The van der Waals surface area contributed by atoms with Crippen LogP contribution in [0.4, 0.5) is 5.13 Å². The minimum Gasteiger partial charge on any atom is -0.494 e.